The third-order valence-corrected chi connectivity index (χ3v) is 7.29. The van der Waals surface area contributed by atoms with Crippen LogP contribution < -0.4 is 14.8 Å². The van der Waals surface area contributed by atoms with Crippen molar-refractivity contribution in [3.8, 4) is 23.0 Å². The molecule has 11 nitrogen and oxygen atoms in total. The van der Waals surface area contributed by atoms with Crippen LogP contribution in [0.4, 0.5) is 18.0 Å². The molecule has 3 N–H and O–H groups in total. The summed E-state index contributed by atoms with van der Waals surface area (Å²) in [7, 11) is 0. The van der Waals surface area contributed by atoms with Gasteiger partial charge in [-0.25, -0.2) is 14.2 Å². The summed E-state index contributed by atoms with van der Waals surface area (Å²) in [4.78, 5) is 41.3. The first-order valence-electron chi connectivity index (χ1n) is 14.2. The number of halogens is 3. The Hall–Kier alpha value is -4.49. The highest BCUT2D eigenvalue weighted by atomic mass is 19.3. The third kappa shape index (κ3) is 7.78. The molecule has 0 radical (unpaired) electrons. The number of carboxylic acids is 2. The number of oxazole rings is 1. The second-order valence-electron chi connectivity index (χ2n) is 12.4. The highest BCUT2D eigenvalue weighted by Crippen LogP contribution is 2.45. The Bertz CT molecular complexity index is 1530. The normalized spacial score (nSPS) is 22.0. The highest BCUT2D eigenvalue weighted by molar-refractivity contribution is 5.86. The lowest BCUT2D eigenvalue weighted by Crippen LogP contribution is -2.38. The molecule has 0 aliphatic heterocycles. The van der Waals surface area contributed by atoms with Crippen molar-refractivity contribution in [1.82, 2.24) is 10.3 Å². The van der Waals surface area contributed by atoms with Gasteiger partial charge >= 0.3 is 24.6 Å². The summed E-state index contributed by atoms with van der Waals surface area (Å²) < 4.78 is 63.4. The zero-order valence-corrected chi connectivity index (χ0v) is 25.4. The van der Waals surface area contributed by atoms with Gasteiger partial charge in [-0.1, -0.05) is 12.2 Å². The summed E-state index contributed by atoms with van der Waals surface area (Å²) in [5, 5.41) is 22.3. The van der Waals surface area contributed by atoms with Crippen molar-refractivity contribution in [1.29, 1.82) is 0 Å². The van der Waals surface area contributed by atoms with Gasteiger partial charge in [0.15, 0.2) is 11.5 Å². The number of benzene rings is 1. The lowest BCUT2D eigenvalue weighted by atomic mass is 9.72. The van der Waals surface area contributed by atoms with Gasteiger partial charge in [-0.05, 0) is 77.7 Å². The van der Waals surface area contributed by atoms with E-state index in [4.69, 9.17) is 13.9 Å². The first-order chi connectivity index (χ1) is 20.9. The Balaban J connectivity index is 1.77. The number of carbonyl (C=O) groups excluding carboxylic acids is 1. The topological polar surface area (TPSA) is 157 Å². The van der Waals surface area contributed by atoms with Crippen LogP contribution in [0.5, 0.6) is 11.5 Å². The van der Waals surface area contributed by atoms with Crippen LogP contribution in [-0.2, 0) is 20.7 Å². The monoisotopic (exact) mass is 636 g/mol. The van der Waals surface area contributed by atoms with E-state index in [9.17, 15) is 33.4 Å². The lowest BCUT2D eigenvalue weighted by Gasteiger charge is -2.31. The van der Waals surface area contributed by atoms with Crippen LogP contribution in [-0.4, -0.2) is 52.0 Å². The molecule has 2 unspecified atom stereocenters. The summed E-state index contributed by atoms with van der Waals surface area (Å²) in [6.45, 7) is 4.87. The van der Waals surface area contributed by atoms with Crippen LogP contribution in [0.15, 0.2) is 46.7 Å². The molecule has 0 saturated heterocycles. The molecule has 2 aromatic rings. The number of rotatable bonds is 12. The molecule has 0 spiro atoms. The summed E-state index contributed by atoms with van der Waals surface area (Å²) in [5.74, 6) is -4.31. The minimum atomic E-state index is -3.11. The number of carboxylic acid groups (broad SMARTS) is 2. The smallest absolute Gasteiger partial charge is 0.408 e. The van der Waals surface area contributed by atoms with Gasteiger partial charge in [0.2, 0.25) is 5.89 Å². The Morgan fingerprint density at radius 2 is 1.82 bits per heavy atom. The fourth-order valence-electron chi connectivity index (χ4n) is 4.57. The van der Waals surface area contributed by atoms with Gasteiger partial charge in [0, 0.05) is 12.0 Å². The second-order valence-corrected chi connectivity index (χ2v) is 12.4. The van der Waals surface area contributed by atoms with E-state index in [1.807, 2.05) is 0 Å². The Labute approximate surface area is 257 Å². The number of nitrogens with one attached hydrogen (secondary N) is 1. The van der Waals surface area contributed by atoms with Crippen molar-refractivity contribution >= 4 is 18.0 Å². The summed E-state index contributed by atoms with van der Waals surface area (Å²) >= 11 is 0. The van der Waals surface area contributed by atoms with E-state index in [1.54, 1.807) is 20.8 Å². The molecular weight excluding hydrogens is 601 g/mol. The van der Waals surface area contributed by atoms with Crippen LogP contribution in [0.3, 0.4) is 0 Å². The maximum absolute atomic E-state index is 15.6. The van der Waals surface area contributed by atoms with Gasteiger partial charge in [-0.3, -0.25) is 9.59 Å². The predicted molar refractivity (Wildman–Crippen MR) is 152 cm³/mol. The van der Waals surface area contributed by atoms with Gasteiger partial charge in [0.25, 0.3) is 0 Å². The molecule has 244 valence electrons. The van der Waals surface area contributed by atoms with E-state index in [-0.39, 0.29) is 46.9 Å². The SMILES string of the molecule is CC(NC(=O)OC(C)(C)C)c1oc(-c2ccc(OC(F)F)c(OCC3CC3)c2)nc1C[C@@]1(C(=O)O)C=CC(C)(C(=O)O)C=C1F. The summed E-state index contributed by atoms with van der Waals surface area (Å²) in [6, 6.07) is 3.02. The first kappa shape index (κ1) is 33.4. The number of alkyl carbamates (subject to hydrolysis) is 1. The molecule has 0 bridgehead atoms. The van der Waals surface area contributed by atoms with E-state index in [1.165, 1.54) is 32.0 Å². The predicted octanol–water partition coefficient (Wildman–Crippen LogP) is 6.45. The molecular formula is C31H35F3N2O9. The number of hydrogen-bond donors (Lipinski definition) is 3. The van der Waals surface area contributed by atoms with E-state index in [2.05, 4.69) is 15.0 Å². The first-order valence-corrected chi connectivity index (χ1v) is 14.2. The molecule has 1 fully saturated rings. The van der Waals surface area contributed by atoms with Crippen LogP contribution in [0, 0.1) is 16.7 Å². The number of aromatic nitrogens is 1. The molecule has 1 aromatic carbocycles. The van der Waals surface area contributed by atoms with E-state index >= 15 is 4.39 Å². The highest BCUT2D eigenvalue weighted by Gasteiger charge is 2.48. The Kier molecular flexibility index (Phi) is 9.27. The van der Waals surface area contributed by atoms with Crippen molar-refractivity contribution in [3.63, 3.8) is 0 Å². The summed E-state index contributed by atoms with van der Waals surface area (Å²) in [6.07, 6.45) is 3.19. The van der Waals surface area contributed by atoms with Crippen LogP contribution in [0.1, 0.15) is 65.0 Å². The van der Waals surface area contributed by atoms with E-state index in [0.717, 1.165) is 31.1 Å². The van der Waals surface area contributed by atoms with E-state index in [0.29, 0.717) is 0 Å². The molecule has 2 aliphatic carbocycles. The summed E-state index contributed by atoms with van der Waals surface area (Å²) in [5.41, 5.74) is -4.82. The fraction of sp³-hybridized carbons (Fsp3) is 0.484. The maximum atomic E-state index is 15.6. The Morgan fingerprint density at radius 3 is 2.38 bits per heavy atom. The van der Waals surface area contributed by atoms with Gasteiger partial charge in [0.1, 0.15) is 28.0 Å². The molecule has 1 heterocycles. The number of nitrogens with zero attached hydrogens (tertiary/aromatic N) is 1. The largest absolute Gasteiger partial charge is 0.489 e. The van der Waals surface area contributed by atoms with Gasteiger partial charge in [-0.15, -0.1) is 0 Å². The zero-order chi connectivity index (χ0) is 33.3. The average molecular weight is 637 g/mol. The van der Waals surface area contributed by atoms with Crippen LogP contribution in [0.2, 0.25) is 0 Å². The van der Waals surface area contributed by atoms with Crippen molar-refractivity contribution in [2.45, 2.75) is 72.1 Å². The quantitative estimate of drug-likeness (QED) is 0.221. The van der Waals surface area contributed by atoms with Gasteiger partial charge < -0.3 is 34.2 Å². The van der Waals surface area contributed by atoms with Gasteiger partial charge in [-0.2, -0.15) is 8.78 Å². The molecule has 3 atom stereocenters. The third-order valence-electron chi connectivity index (χ3n) is 7.29. The average Bonchev–Trinajstić information content (AvgIpc) is 3.65. The molecule has 45 heavy (non-hydrogen) atoms. The van der Waals surface area contributed by atoms with E-state index < -0.39 is 59.4 Å². The number of aliphatic carboxylic acids is 2. The fourth-order valence-corrected chi connectivity index (χ4v) is 4.57. The minimum Gasteiger partial charge on any atom is -0.489 e. The molecule has 4 rings (SSSR count). The molecule has 2 aliphatic rings. The van der Waals surface area contributed by atoms with Crippen molar-refractivity contribution in [3.05, 3.63) is 53.7 Å². The van der Waals surface area contributed by atoms with Crippen molar-refractivity contribution < 1.29 is 56.4 Å². The maximum Gasteiger partial charge on any atom is 0.408 e. The second kappa shape index (κ2) is 12.5. The molecule has 14 heteroatoms. The molecule has 1 saturated carbocycles. The molecule has 1 amide bonds. The van der Waals surface area contributed by atoms with Gasteiger partial charge in [0.05, 0.1) is 18.3 Å². The number of hydrogen-bond acceptors (Lipinski definition) is 8. The van der Waals surface area contributed by atoms with Crippen molar-refractivity contribution in [2.24, 2.45) is 16.7 Å². The Morgan fingerprint density at radius 1 is 1.13 bits per heavy atom. The van der Waals surface area contributed by atoms with Crippen LogP contribution >= 0.6 is 0 Å². The number of carbonyl (C=O) groups is 3. The lowest BCUT2D eigenvalue weighted by molar-refractivity contribution is -0.147. The van der Waals surface area contributed by atoms with Crippen LogP contribution in [0.25, 0.3) is 11.5 Å². The standard InChI is InChI=1S/C31H35F3N2O9/c1-16(35-28(41)45-29(2,3)4)23-19(13-31(26(39)40)11-10-30(5,25(37)38)14-22(31)32)36-24(44-23)18-8-9-20(43-27(33)34)21(12-18)42-15-17-6-7-17/h8-12,14,16-17,27H,6-7,13,15H2,1-5H3,(H,35,41)(H,37,38)(H,39,40)/t16?,30?,31-/m0/s1. The van der Waals surface area contributed by atoms with Crippen molar-refractivity contribution in [2.75, 3.05) is 6.61 Å². The number of ether oxygens (including phenoxy) is 3. The zero-order valence-electron chi connectivity index (χ0n) is 25.4. The minimum absolute atomic E-state index is 0.0000765. The number of alkyl halides is 2. The molecule has 1 aromatic heterocycles. The number of amides is 1.